The summed E-state index contributed by atoms with van der Waals surface area (Å²) in [6.45, 7) is 6.74. The lowest BCUT2D eigenvalue weighted by Crippen LogP contribution is -2.33. The van der Waals surface area contributed by atoms with Crippen LogP contribution in [0.2, 0.25) is 0 Å². The maximum Gasteiger partial charge on any atom is 0.319 e. The number of amides is 2. The third-order valence-corrected chi connectivity index (χ3v) is 4.36. The number of hydrogen-bond acceptors (Lipinski definition) is 5. The third-order valence-electron chi connectivity index (χ3n) is 4.36. The van der Waals surface area contributed by atoms with Crippen LogP contribution in [0.5, 0.6) is 0 Å². The van der Waals surface area contributed by atoms with E-state index >= 15 is 0 Å². The Labute approximate surface area is 162 Å². The first kappa shape index (κ1) is 19.3. The monoisotopic (exact) mass is 383 g/mol. The molecule has 0 saturated carbocycles. The van der Waals surface area contributed by atoms with Crippen LogP contribution in [-0.2, 0) is 0 Å². The van der Waals surface area contributed by atoms with Gasteiger partial charge in [0, 0.05) is 18.8 Å². The van der Waals surface area contributed by atoms with Crippen molar-refractivity contribution in [2.75, 3.05) is 23.7 Å². The number of para-hydroxylation sites is 1. The number of benzene rings is 1. The minimum absolute atomic E-state index is 0.133. The average Bonchev–Trinajstić information content (AvgIpc) is 2.95. The molecule has 3 rings (SSSR count). The highest BCUT2D eigenvalue weighted by atomic mass is 19.1. The van der Waals surface area contributed by atoms with Gasteiger partial charge in [-0.05, 0) is 50.6 Å². The van der Waals surface area contributed by atoms with Gasteiger partial charge in [-0.1, -0.05) is 12.1 Å². The number of anilines is 2. The van der Waals surface area contributed by atoms with E-state index in [-0.39, 0.29) is 5.69 Å². The van der Waals surface area contributed by atoms with Crippen LogP contribution in [0, 0.1) is 26.6 Å². The van der Waals surface area contributed by atoms with Crippen molar-refractivity contribution < 1.29 is 9.18 Å². The van der Waals surface area contributed by atoms with Gasteiger partial charge in [-0.2, -0.15) is 5.10 Å². The van der Waals surface area contributed by atoms with E-state index in [2.05, 4.69) is 31.2 Å². The van der Waals surface area contributed by atoms with Crippen molar-refractivity contribution in [2.24, 2.45) is 0 Å². The second kappa shape index (κ2) is 8.47. The maximum atomic E-state index is 13.5. The molecule has 3 N–H and O–H groups in total. The van der Waals surface area contributed by atoms with Gasteiger partial charge in [0.1, 0.15) is 11.6 Å². The van der Waals surface area contributed by atoms with Crippen molar-refractivity contribution in [2.45, 2.75) is 20.8 Å². The number of carbonyl (C=O) groups is 1. The van der Waals surface area contributed by atoms with Crippen molar-refractivity contribution in [1.82, 2.24) is 25.3 Å². The predicted octanol–water partition coefficient (Wildman–Crippen LogP) is 2.96. The Morgan fingerprint density at radius 1 is 1.07 bits per heavy atom. The van der Waals surface area contributed by atoms with Gasteiger partial charge in [-0.3, -0.25) is 0 Å². The van der Waals surface area contributed by atoms with Crippen LogP contribution in [0.1, 0.15) is 17.0 Å². The highest BCUT2D eigenvalue weighted by Gasteiger charge is 2.10. The third kappa shape index (κ3) is 4.43. The molecule has 2 amide bonds. The molecule has 0 aliphatic heterocycles. The quantitative estimate of drug-likeness (QED) is 0.569. The number of halogens is 1. The molecule has 146 valence electrons. The lowest BCUT2D eigenvalue weighted by atomic mass is 10.2. The highest BCUT2D eigenvalue weighted by Crippen LogP contribution is 2.15. The number of hydrogen-bond donors (Lipinski definition) is 3. The van der Waals surface area contributed by atoms with E-state index in [1.165, 1.54) is 12.1 Å². The average molecular weight is 383 g/mol. The Morgan fingerprint density at radius 3 is 2.50 bits per heavy atom. The van der Waals surface area contributed by atoms with Crippen molar-refractivity contribution in [3.63, 3.8) is 0 Å². The molecule has 0 atom stereocenters. The Morgan fingerprint density at radius 2 is 1.86 bits per heavy atom. The molecule has 0 spiro atoms. The summed E-state index contributed by atoms with van der Waals surface area (Å²) in [7, 11) is 0. The van der Waals surface area contributed by atoms with Gasteiger partial charge in [0.25, 0.3) is 0 Å². The fourth-order valence-electron chi connectivity index (χ4n) is 2.57. The Hall–Kier alpha value is -3.49. The molecule has 0 aliphatic carbocycles. The second-order valence-corrected chi connectivity index (χ2v) is 6.27. The minimum Gasteiger partial charge on any atom is -0.367 e. The zero-order valence-electron chi connectivity index (χ0n) is 16.0. The smallest absolute Gasteiger partial charge is 0.319 e. The maximum absolute atomic E-state index is 13.5. The molecule has 2 heterocycles. The molecule has 0 aliphatic rings. The topological polar surface area (TPSA) is 96.8 Å². The van der Waals surface area contributed by atoms with Crippen molar-refractivity contribution in [1.29, 1.82) is 0 Å². The van der Waals surface area contributed by atoms with Gasteiger partial charge in [0.2, 0.25) is 0 Å². The molecule has 1 aromatic carbocycles. The Bertz CT molecular complexity index is 969. The summed E-state index contributed by atoms with van der Waals surface area (Å²) < 4.78 is 15.2. The van der Waals surface area contributed by atoms with Crippen LogP contribution in [0.4, 0.5) is 20.7 Å². The summed E-state index contributed by atoms with van der Waals surface area (Å²) in [5.74, 6) is 0.740. The number of carbonyl (C=O) groups excluding carboxylic acids is 1. The lowest BCUT2D eigenvalue weighted by molar-refractivity contribution is 0.252. The van der Waals surface area contributed by atoms with Gasteiger partial charge in [0.05, 0.1) is 11.4 Å². The second-order valence-electron chi connectivity index (χ2n) is 6.27. The summed E-state index contributed by atoms with van der Waals surface area (Å²) in [4.78, 5) is 11.8. The van der Waals surface area contributed by atoms with Gasteiger partial charge in [-0.15, -0.1) is 10.2 Å². The molecule has 0 fully saturated rings. The predicted molar refractivity (Wildman–Crippen MR) is 105 cm³/mol. The van der Waals surface area contributed by atoms with Gasteiger partial charge < -0.3 is 16.0 Å². The molecule has 2 aromatic heterocycles. The summed E-state index contributed by atoms with van der Waals surface area (Å²) in [5, 5.41) is 20.9. The Kier molecular flexibility index (Phi) is 5.83. The molecule has 0 bridgehead atoms. The molecule has 0 unspecified atom stereocenters. The van der Waals surface area contributed by atoms with Crippen molar-refractivity contribution in [3.8, 4) is 5.82 Å². The van der Waals surface area contributed by atoms with Crippen LogP contribution in [0.25, 0.3) is 5.82 Å². The SMILES string of the molecule is Cc1nn(-c2ccc(NCCNC(=O)Nc3ccccc3F)nn2)c(C)c1C. The number of aromatic nitrogens is 4. The van der Waals surface area contributed by atoms with Crippen LogP contribution in [0.15, 0.2) is 36.4 Å². The Balaban J connectivity index is 1.47. The lowest BCUT2D eigenvalue weighted by Gasteiger charge is -2.09. The molecule has 0 radical (unpaired) electrons. The van der Waals surface area contributed by atoms with E-state index in [0.717, 1.165) is 17.0 Å². The summed E-state index contributed by atoms with van der Waals surface area (Å²) >= 11 is 0. The molecule has 8 nitrogen and oxygen atoms in total. The van der Waals surface area contributed by atoms with E-state index in [1.807, 2.05) is 26.8 Å². The van der Waals surface area contributed by atoms with Gasteiger partial charge in [-0.25, -0.2) is 13.9 Å². The van der Waals surface area contributed by atoms with E-state index in [9.17, 15) is 9.18 Å². The number of nitrogens with zero attached hydrogens (tertiary/aromatic N) is 4. The molecule has 0 saturated heterocycles. The first-order valence-electron chi connectivity index (χ1n) is 8.86. The minimum atomic E-state index is -0.482. The molecule has 28 heavy (non-hydrogen) atoms. The first-order chi connectivity index (χ1) is 13.5. The molecule has 9 heteroatoms. The molecular weight excluding hydrogens is 361 g/mol. The number of nitrogens with one attached hydrogen (secondary N) is 3. The standard InChI is InChI=1S/C19H22FN7O/c1-12-13(2)26-27(14(12)3)18-9-8-17(24-25-18)21-10-11-22-19(28)23-16-7-5-4-6-15(16)20/h4-9H,10-11H2,1-3H3,(H,21,24)(H2,22,23,28). The number of urea groups is 1. The molecular formula is C19H22FN7O. The van der Waals surface area contributed by atoms with Crippen LogP contribution in [-0.4, -0.2) is 39.1 Å². The summed E-state index contributed by atoms with van der Waals surface area (Å²) in [6, 6.07) is 9.13. The molecule has 3 aromatic rings. The van der Waals surface area contributed by atoms with Crippen molar-refractivity contribution in [3.05, 3.63) is 59.2 Å². The number of aryl methyl sites for hydroxylation is 1. The summed E-state index contributed by atoms with van der Waals surface area (Å²) in [5.41, 5.74) is 3.25. The van der Waals surface area contributed by atoms with Crippen molar-refractivity contribution >= 4 is 17.5 Å². The first-order valence-corrected chi connectivity index (χ1v) is 8.86. The van der Waals surface area contributed by atoms with E-state index in [0.29, 0.717) is 24.7 Å². The van der Waals surface area contributed by atoms with E-state index in [1.54, 1.807) is 22.9 Å². The van der Waals surface area contributed by atoms with Crippen LogP contribution >= 0.6 is 0 Å². The fourth-order valence-corrected chi connectivity index (χ4v) is 2.57. The fraction of sp³-hybridized carbons (Fsp3) is 0.263. The largest absolute Gasteiger partial charge is 0.367 e. The summed E-state index contributed by atoms with van der Waals surface area (Å²) in [6.07, 6.45) is 0. The van der Waals surface area contributed by atoms with E-state index in [4.69, 9.17) is 0 Å². The van der Waals surface area contributed by atoms with Crippen LogP contribution < -0.4 is 16.0 Å². The normalized spacial score (nSPS) is 10.6. The van der Waals surface area contributed by atoms with Gasteiger partial charge >= 0.3 is 6.03 Å². The van der Waals surface area contributed by atoms with Crippen LogP contribution in [0.3, 0.4) is 0 Å². The highest BCUT2D eigenvalue weighted by molar-refractivity contribution is 5.89. The number of rotatable bonds is 6. The zero-order valence-corrected chi connectivity index (χ0v) is 16.0. The van der Waals surface area contributed by atoms with E-state index < -0.39 is 11.8 Å². The zero-order chi connectivity index (χ0) is 20.1. The van der Waals surface area contributed by atoms with Gasteiger partial charge in [0.15, 0.2) is 5.82 Å².